The van der Waals surface area contributed by atoms with E-state index in [9.17, 15) is 19.3 Å². The van der Waals surface area contributed by atoms with Gasteiger partial charge in [0.1, 0.15) is 5.56 Å². The molecule has 0 amide bonds. The Balaban J connectivity index is 3.40. The van der Waals surface area contributed by atoms with Gasteiger partial charge in [-0.3, -0.25) is 10.1 Å². The number of carboxylic acid groups (broad SMARTS) is 1. The van der Waals surface area contributed by atoms with E-state index in [1.165, 1.54) is 11.0 Å². The van der Waals surface area contributed by atoms with Crippen LogP contribution in [0, 0.1) is 15.9 Å². The summed E-state index contributed by atoms with van der Waals surface area (Å²) >= 11 is 0. The van der Waals surface area contributed by atoms with E-state index in [-0.39, 0.29) is 25.4 Å². The number of nitro groups is 1. The van der Waals surface area contributed by atoms with Gasteiger partial charge in [0, 0.05) is 13.1 Å². The zero-order valence-corrected chi connectivity index (χ0v) is 10.5. The van der Waals surface area contributed by atoms with Crippen LogP contribution in [0.15, 0.2) is 24.8 Å². The molecule has 0 spiro atoms. The van der Waals surface area contributed by atoms with Gasteiger partial charge in [0.25, 0.3) is 5.69 Å². The number of aliphatic hydroxyl groups excluding tert-OH is 1. The van der Waals surface area contributed by atoms with Gasteiger partial charge in [-0.15, -0.1) is 6.58 Å². The molecule has 0 fully saturated rings. The van der Waals surface area contributed by atoms with Crippen molar-refractivity contribution in [2.75, 3.05) is 24.6 Å². The van der Waals surface area contributed by atoms with Crippen molar-refractivity contribution < 1.29 is 24.3 Å². The molecule has 0 aliphatic rings. The Morgan fingerprint density at radius 1 is 1.55 bits per heavy atom. The fourth-order valence-corrected chi connectivity index (χ4v) is 1.70. The van der Waals surface area contributed by atoms with Crippen molar-refractivity contribution in [2.24, 2.45) is 0 Å². The molecular formula is C12H13FN2O5. The number of rotatable bonds is 7. The summed E-state index contributed by atoms with van der Waals surface area (Å²) in [5.41, 5.74) is -1.57. The van der Waals surface area contributed by atoms with E-state index in [1.54, 1.807) is 0 Å². The molecule has 1 rings (SSSR count). The normalized spacial score (nSPS) is 10.1. The Morgan fingerprint density at radius 3 is 2.65 bits per heavy atom. The van der Waals surface area contributed by atoms with Crippen molar-refractivity contribution in [2.45, 2.75) is 0 Å². The molecule has 0 aliphatic carbocycles. The van der Waals surface area contributed by atoms with Crippen LogP contribution in [0.1, 0.15) is 10.4 Å². The van der Waals surface area contributed by atoms with Gasteiger partial charge in [0.05, 0.1) is 23.3 Å². The van der Waals surface area contributed by atoms with Crippen LogP contribution in [0.3, 0.4) is 0 Å². The molecule has 0 radical (unpaired) electrons. The minimum atomic E-state index is -1.53. The zero-order valence-electron chi connectivity index (χ0n) is 10.5. The molecule has 7 nitrogen and oxygen atoms in total. The molecule has 0 saturated carbocycles. The zero-order chi connectivity index (χ0) is 15.3. The molecule has 1 aromatic carbocycles. The highest BCUT2D eigenvalue weighted by Crippen LogP contribution is 2.28. The first kappa shape index (κ1) is 15.6. The third-order valence-electron chi connectivity index (χ3n) is 2.55. The van der Waals surface area contributed by atoms with E-state index in [0.717, 1.165) is 6.07 Å². The Hall–Kier alpha value is -2.48. The lowest BCUT2D eigenvalue weighted by Gasteiger charge is -2.23. The van der Waals surface area contributed by atoms with Crippen molar-refractivity contribution in [1.82, 2.24) is 0 Å². The average Bonchev–Trinajstić information content (AvgIpc) is 2.37. The second kappa shape index (κ2) is 6.62. The van der Waals surface area contributed by atoms with E-state index < -0.39 is 28.0 Å². The fraction of sp³-hybridized carbons (Fsp3) is 0.250. The second-order valence-electron chi connectivity index (χ2n) is 3.84. The average molecular weight is 284 g/mol. The minimum absolute atomic E-state index is 0.0415. The van der Waals surface area contributed by atoms with Gasteiger partial charge in [-0.25, -0.2) is 9.18 Å². The topological polar surface area (TPSA) is 104 Å². The van der Waals surface area contributed by atoms with E-state index in [2.05, 4.69) is 6.58 Å². The molecule has 8 heteroatoms. The van der Waals surface area contributed by atoms with Crippen LogP contribution in [-0.2, 0) is 0 Å². The van der Waals surface area contributed by atoms with Crippen molar-refractivity contribution in [3.63, 3.8) is 0 Å². The quantitative estimate of drug-likeness (QED) is 0.446. The first-order valence-corrected chi connectivity index (χ1v) is 5.60. The Labute approximate surface area is 113 Å². The van der Waals surface area contributed by atoms with Gasteiger partial charge in [-0.05, 0) is 6.07 Å². The lowest BCUT2D eigenvalue weighted by atomic mass is 10.1. The largest absolute Gasteiger partial charge is 0.477 e. The summed E-state index contributed by atoms with van der Waals surface area (Å²) in [6.45, 7) is 3.39. The Morgan fingerprint density at radius 2 is 2.20 bits per heavy atom. The van der Waals surface area contributed by atoms with E-state index in [4.69, 9.17) is 10.2 Å². The molecule has 0 bridgehead atoms. The van der Waals surface area contributed by atoms with Crippen LogP contribution in [0.2, 0.25) is 0 Å². The van der Waals surface area contributed by atoms with Gasteiger partial charge in [0.2, 0.25) is 0 Å². The van der Waals surface area contributed by atoms with Crippen molar-refractivity contribution in [3.8, 4) is 0 Å². The third-order valence-corrected chi connectivity index (χ3v) is 2.55. The lowest BCUT2D eigenvalue weighted by molar-refractivity contribution is -0.385. The van der Waals surface area contributed by atoms with Gasteiger partial charge >= 0.3 is 5.97 Å². The molecule has 0 heterocycles. The summed E-state index contributed by atoms with van der Waals surface area (Å²) in [6, 6.07) is 1.45. The van der Waals surface area contributed by atoms with Crippen LogP contribution in [-0.4, -0.2) is 40.8 Å². The van der Waals surface area contributed by atoms with Crippen LogP contribution < -0.4 is 4.90 Å². The molecule has 0 saturated heterocycles. The summed E-state index contributed by atoms with van der Waals surface area (Å²) in [5, 5.41) is 28.6. The minimum Gasteiger partial charge on any atom is -0.477 e. The maximum atomic E-state index is 13.9. The smallest absolute Gasteiger partial charge is 0.342 e. The maximum Gasteiger partial charge on any atom is 0.342 e. The molecule has 0 aliphatic heterocycles. The molecule has 20 heavy (non-hydrogen) atoms. The van der Waals surface area contributed by atoms with Gasteiger partial charge < -0.3 is 15.1 Å². The highest BCUT2D eigenvalue weighted by atomic mass is 19.1. The second-order valence-corrected chi connectivity index (χ2v) is 3.84. The SMILES string of the molecule is C=CCN(CCO)c1cc(C(=O)O)c([N+](=O)[O-])cc1F. The Bertz CT molecular complexity index is 547. The number of anilines is 1. The summed E-state index contributed by atoms with van der Waals surface area (Å²) < 4.78 is 13.9. The van der Waals surface area contributed by atoms with E-state index in [1.807, 2.05) is 0 Å². The van der Waals surface area contributed by atoms with Crippen molar-refractivity contribution >= 4 is 17.3 Å². The van der Waals surface area contributed by atoms with Crippen LogP contribution in [0.4, 0.5) is 15.8 Å². The molecule has 108 valence electrons. The van der Waals surface area contributed by atoms with Crippen LogP contribution >= 0.6 is 0 Å². The molecule has 1 aromatic rings. The predicted molar refractivity (Wildman–Crippen MR) is 69.5 cm³/mol. The summed E-state index contributed by atoms with van der Waals surface area (Å²) in [4.78, 5) is 22.1. The van der Waals surface area contributed by atoms with E-state index in [0.29, 0.717) is 6.07 Å². The first-order chi connectivity index (χ1) is 9.42. The molecule has 0 aromatic heterocycles. The molecular weight excluding hydrogens is 271 g/mol. The summed E-state index contributed by atoms with van der Waals surface area (Å²) in [7, 11) is 0. The van der Waals surface area contributed by atoms with Crippen molar-refractivity contribution in [1.29, 1.82) is 0 Å². The molecule has 2 N–H and O–H groups in total. The number of benzene rings is 1. The number of hydrogen-bond donors (Lipinski definition) is 2. The van der Waals surface area contributed by atoms with Gasteiger partial charge in [-0.2, -0.15) is 0 Å². The monoisotopic (exact) mass is 284 g/mol. The number of halogens is 1. The number of carbonyl (C=O) groups is 1. The summed E-state index contributed by atoms with van der Waals surface area (Å²) in [5.74, 6) is -2.46. The van der Waals surface area contributed by atoms with Crippen LogP contribution in [0.25, 0.3) is 0 Å². The van der Waals surface area contributed by atoms with Gasteiger partial charge in [0.15, 0.2) is 5.82 Å². The highest BCUT2D eigenvalue weighted by molar-refractivity contribution is 5.93. The standard InChI is InChI=1S/C12H13FN2O5/c1-2-3-14(4-5-16)11-6-8(12(17)18)10(15(19)20)7-9(11)13/h2,6-7,16H,1,3-5H2,(H,17,18). The highest BCUT2D eigenvalue weighted by Gasteiger charge is 2.25. The number of hydrogen-bond acceptors (Lipinski definition) is 5. The predicted octanol–water partition coefficient (Wildman–Crippen LogP) is 1.42. The number of aliphatic hydroxyl groups is 1. The lowest BCUT2D eigenvalue weighted by Crippen LogP contribution is -2.28. The number of nitrogens with zero attached hydrogens (tertiary/aromatic N) is 2. The van der Waals surface area contributed by atoms with Crippen molar-refractivity contribution in [3.05, 3.63) is 46.3 Å². The van der Waals surface area contributed by atoms with Crippen LogP contribution in [0.5, 0.6) is 0 Å². The summed E-state index contributed by atoms with van der Waals surface area (Å²) in [6.07, 6.45) is 1.44. The number of aromatic carboxylic acids is 1. The van der Waals surface area contributed by atoms with E-state index >= 15 is 0 Å². The molecule has 0 unspecified atom stereocenters. The Kier molecular flexibility index (Phi) is 5.15. The molecule has 0 atom stereocenters. The fourth-order valence-electron chi connectivity index (χ4n) is 1.70. The third kappa shape index (κ3) is 3.29. The maximum absolute atomic E-state index is 13.9. The van der Waals surface area contributed by atoms with Gasteiger partial charge in [-0.1, -0.05) is 6.08 Å². The number of carboxylic acids is 1. The first-order valence-electron chi connectivity index (χ1n) is 5.60. The number of nitro benzene ring substituents is 1.